The van der Waals surface area contributed by atoms with E-state index in [1.54, 1.807) is 0 Å². The molecule has 508 valence electrons. The molecule has 2 unspecified atom stereocenters. The van der Waals surface area contributed by atoms with Crippen LogP contribution in [-0.4, -0.2) is 47.4 Å². The predicted molar refractivity (Wildman–Crippen MR) is 379 cm³/mol. The Morgan fingerprint density at radius 1 is 0.326 bits per heavy atom. The summed E-state index contributed by atoms with van der Waals surface area (Å²) in [5, 5.41) is 23.5. The number of aliphatic hydroxyl groups excluding tert-OH is 2. The van der Waals surface area contributed by atoms with Crippen molar-refractivity contribution in [3.63, 3.8) is 0 Å². The third kappa shape index (κ3) is 71.2. The van der Waals surface area contributed by atoms with Crippen molar-refractivity contribution < 1.29 is 24.5 Å². The molecule has 0 saturated heterocycles. The van der Waals surface area contributed by atoms with Crippen molar-refractivity contribution in [2.24, 2.45) is 0 Å². The van der Waals surface area contributed by atoms with E-state index in [2.05, 4.69) is 55.6 Å². The molecule has 0 saturated carbocycles. The van der Waals surface area contributed by atoms with Crippen molar-refractivity contribution in [2.45, 2.75) is 450 Å². The van der Waals surface area contributed by atoms with Gasteiger partial charge in [-0.25, -0.2) is 0 Å². The SMILES string of the molecule is CCC/C=C\C/C=C\CCCCCCCC(=O)OCCCCCCCCCCCCCC/C=C\CCCCCCCCCCCCCCCCCC(=O)NC(CO)C(O)CCCCCCCCCCCCCCCCCCCCCCCCCCC. The standard InChI is InChI=1S/C80H153NO5/c1-3-5-7-9-11-13-15-17-18-19-20-21-22-30-33-36-39-42-45-49-52-56-60-64-68-72-78(83)77(76-82)81-79(84)73-69-65-61-57-53-50-46-43-40-37-34-31-28-26-24-23-25-27-29-32-35-38-41-44-47-51-55-59-63-67-71-75-86-80(85)74-70-66-62-58-54-48-16-14-12-10-8-6-4-2/h8,10,14,16,25,27,77-78,82-83H,3-7,9,11-13,15,17-24,26,28-76H2,1-2H3,(H,81,84)/b10-8-,16-14-,27-25-. The lowest BCUT2D eigenvalue weighted by atomic mass is 10.0. The van der Waals surface area contributed by atoms with E-state index in [9.17, 15) is 19.8 Å². The summed E-state index contributed by atoms with van der Waals surface area (Å²) in [7, 11) is 0. The molecule has 0 aliphatic carbocycles. The molecule has 1 amide bonds. The van der Waals surface area contributed by atoms with Gasteiger partial charge in [-0.2, -0.15) is 0 Å². The molecule has 0 rings (SSSR count). The van der Waals surface area contributed by atoms with Gasteiger partial charge in [0.05, 0.1) is 25.4 Å². The molecule has 0 aromatic heterocycles. The normalized spacial score (nSPS) is 12.7. The highest BCUT2D eigenvalue weighted by atomic mass is 16.5. The van der Waals surface area contributed by atoms with Crippen LogP contribution in [0.15, 0.2) is 36.5 Å². The molecule has 6 heteroatoms. The van der Waals surface area contributed by atoms with Gasteiger partial charge in [0, 0.05) is 12.8 Å². The molecular weight excluding hydrogens is 1050 g/mol. The summed E-state index contributed by atoms with van der Waals surface area (Å²) in [5.74, 6) is -0.0246. The van der Waals surface area contributed by atoms with Crippen molar-refractivity contribution in [3.05, 3.63) is 36.5 Å². The van der Waals surface area contributed by atoms with Gasteiger partial charge in [0.1, 0.15) is 0 Å². The average molecular weight is 1210 g/mol. The zero-order valence-electron chi connectivity index (χ0n) is 58.3. The third-order valence-electron chi connectivity index (χ3n) is 18.4. The van der Waals surface area contributed by atoms with E-state index in [0.717, 1.165) is 51.4 Å². The minimum atomic E-state index is -0.665. The second-order valence-corrected chi connectivity index (χ2v) is 27.0. The number of carbonyl (C=O) groups excluding carboxylic acids is 2. The summed E-state index contributed by atoms with van der Waals surface area (Å²) in [6.07, 6.45) is 98.0. The summed E-state index contributed by atoms with van der Waals surface area (Å²) in [6, 6.07) is -0.542. The van der Waals surface area contributed by atoms with E-state index in [-0.39, 0.29) is 18.5 Å². The number of esters is 1. The minimum absolute atomic E-state index is 0.00293. The van der Waals surface area contributed by atoms with Crippen LogP contribution in [0.25, 0.3) is 0 Å². The minimum Gasteiger partial charge on any atom is -0.466 e. The number of nitrogens with one attached hydrogen (secondary N) is 1. The van der Waals surface area contributed by atoms with Gasteiger partial charge in [0.15, 0.2) is 0 Å². The quantitative estimate of drug-likeness (QED) is 0.0320. The zero-order chi connectivity index (χ0) is 62.0. The molecular formula is C80H153NO5. The number of carbonyl (C=O) groups is 2. The van der Waals surface area contributed by atoms with Crippen molar-refractivity contribution in [2.75, 3.05) is 13.2 Å². The van der Waals surface area contributed by atoms with Gasteiger partial charge in [-0.3, -0.25) is 9.59 Å². The molecule has 86 heavy (non-hydrogen) atoms. The third-order valence-corrected chi connectivity index (χ3v) is 18.4. The van der Waals surface area contributed by atoms with Gasteiger partial charge < -0.3 is 20.3 Å². The molecule has 0 aliphatic rings. The second-order valence-electron chi connectivity index (χ2n) is 27.0. The highest BCUT2D eigenvalue weighted by Crippen LogP contribution is 2.20. The maximum Gasteiger partial charge on any atom is 0.305 e. The fourth-order valence-electron chi connectivity index (χ4n) is 12.4. The van der Waals surface area contributed by atoms with Crippen molar-refractivity contribution in [1.29, 1.82) is 0 Å². The number of allylic oxidation sites excluding steroid dienone is 6. The van der Waals surface area contributed by atoms with E-state index in [1.165, 1.54) is 353 Å². The van der Waals surface area contributed by atoms with Crippen LogP contribution in [0, 0.1) is 0 Å². The Balaban J connectivity index is 3.37. The van der Waals surface area contributed by atoms with Crippen LogP contribution in [0.5, 0.6) is 0 Å². The second kappa shape index (κ2) is 75.5. The molecule has 0 aliphatic heterocycles. The Labute approximate surface area is 538 Å². The number of aliphatic hydroxyl groups is 2. The molecule has 0 bridgehead atoms. The lowest BCUT2D eigenvalue weighted by Crippen LogP contribution is -2.45. The smallest absolute Gasteiger partial charge is 0.305 e. The molecule has 0 spiro atoms. The largest absolute Gasteiger partial charge is 0.466 e. The summed E-state index contributed by atoms with van der Waals surface area (Å²) in [6.45, 7) is 4.93. The fourth-order valence-corrected chi connectivity index (χ4v) is 12.4. The Bertz CT molecular complexity index is 1390. The molecule has 0 aromatic carbocycles. The first-order valence-electron chi connectivity index (χ1n) is 39.2. The average Bonchev–Trinajstić information content (AvgIpc) is 3.55. The summed E-state index contributed by atoms with van der Waals surface area (Å²) >= 11 is 0. The summed E-state index contributed by atoms with van der Waals surface area (Å²) in [5.41, 5.74) is 0. The van der Waals surface area contributed by atoms with Crippen LogP contribution in [0.3, 0.4) is 0 Å². The van der Waals surface area contributed by atoms with Crippen LogP contribution in [0.4, 0.5) is 0 Å². The number of unbranched alkanes of at least 4 members (excludes halogenated alkanes) is 57. The number of hydrogen-bond donors (Lipinski definition) is 3. The molecule has 6 nitrogen and oxygen atoms in total. The lowest BCUT2D eigenvalue weighted by molar-refractivity contribution is -0.143. The molecule has 2 atom stereocenters. The van der Waals surface area contributed by atoms with Crippen LogP contribution in [0.1, 0.15) is 438 Å². The lowest BCUT2D eigenvalue weighted by Gasteiger charge is -2.22. The Kier molecular flexibility index (Phi) is 73.9. The van der Waals surface area contributed by atoms with Crippen LogP contribution < -0.4 is 5.32 Å². The van der Waals surface area contributed by atoms with Crippen LogP contribution in [-0.2, 0) is 14.3 Å². The fraction of sp³-hybridized carbons (Fsp3) is 0.900. The van der Waals surface area contributed by atoms with Gasteiger partial charge in [-0.05, 0) is 77.0 Å². The topological polar surface area (TPSA) is 95.9 Å². The van der Waals surface area contributed by atoms with Crippen LogP contribution in [0.2, 0.25) is 0 Å². The van der Waals surface area contributed by atoms with E-state index in [0.29, 0.717) is 25.9 Å². The number of amides is 1. The Hall–Kier alpha value is -1.92. The Morgan fingerprint density at radius 2 is 0.605 bits per heavy atom. The molecule has 0 heterocycles. The molecule has 0 radical (unpaired) electrons. The highest BCUT2D eigenvalue weighted by Gasteiger charge is 2.20. The molecule has 0 fully saturated rings. The van der Waals surface area contributed by atoms with Crippen LogP contribution >= 0.6 is 0 Å². The highest BCUT2D eigenvalue weighted by molar-refractivity contribution is 5.76. The number of ether oxygens (including phenoxy) is 1. The summed E-state index contributed by atoms with van der Waals surface area (Å²) < 4.78 is 5.48. The van der Waals surface area contributed by atoms with Gasteiger partial charge >= 0.3 is 5.97 Å². The van der Waals surface area contributed by atoms with Crippen molar-refractivity contribution >= 4 is 11.9 Å². The first kappa shape index (κ1) is 84.1. The monoisotopic (exact) mass is 1210 g/mol. The van der Waals surface area contributed by atoms with Gasteiger partial charge in [-0.15, -0.1) is 0 Å². The van der Waals surface area contributed by atoms with E-state index in [1.807, 2.05) is 0 Å². The van der Waals surface area contributed by atoms with Crippen molar-refractivity contribution in [1.82, 2.24) is 5.32 Å². The van der Waals surface area contributed by atoms with E-state index >= 15 is 0 Å². The number of rotatable bonds is 74. The maximum atomic E-state index is 12.6. The molecule has 3 N–H and O–H groups in total. The van der Waals surface area contributed by atoms with E-state index in [4.69, 9.17) is 4.74 Å². The maximum absolute atomic E-state index is 12.6. The summed E-state index contributed by atoms with van der Waals surface area (Å²) in [4.78, 5) is 24.6. The van der Waals surface area contributed by atoms with Gasteiger partial charge in [-0.1, -0.05) is 384 Å². The zero-order valence-corrected chi connectivity index (χ0v) is 58.3. The Morgan fingerprint density at radius 3 is 0.942 bits per heavy atom. The number of hydrogen-bond acceptors (Lipinski definition) is 5. The predicted octanol–water partition coefficient (Wildman–Crippen LogP) is 25.8. The van der Waals surface area contributed by atoms with Crippen molar-refractivity contribution in [3.8, 4) is 0 Å². The van der Waals surface area contributed by atoms with E-state index < -0.39 is 12.1 Å². The molecule has 0 aromatic rings. The van der Waals surface area contributed by atoms with Gasteiger partial charge in [0.2, 0.25) is 5.91 Å². The van der Waals surface area contributed by atoms with Gasteiger partial charge in [0.25, 0.3) is 0 Å². The first-order chi connectivity index (χ1) is 42.5. The first-order valence-corrected chi connectivity index (χ1v) is 39.2.